The number of pyridine rings is 1. The van der Waals surface area contributed by atoms with E-state index in [0.717, 1.165) is 44.0 Å². The number of alkyl halides is 3. The topological polar surface area (TPSA) is 48.5 Å². The van der Waals surface area contributed by atoms with Crippen molar-refractivity contribution < 1.29 is 18.0 Å². The monoisotopic (exact) mass is 398 g/mol. The second kappa shape index (κ2) is 7.74. The van der Waals surface area contributed by atoms with E-state index in [0.29, 0.717) is 0 Å². The zero-order chi connectivity index (χ0) is 19.6. The molecule has 1 saturated heterocycles. The molecular weight excluding hydrogens is 381 g/mol. The molecule has 0 bridgehead atoms. The molecule has 1 fully saturated rings. The van der Waals surface area contributed by atoms with Gasteiger partial charge in [0.15, 0.2) is 0 Å². The number of halogens is 4. The van der Waals surface area contributed by atoms with E-state index < -0.39 is 22.7 Å². The van der Waals surface area contributed by atoms with Gasteiger partial charge in [0.1, 0.15) is 5.69 Å². The molecule has 2 aromatic rings. The van der Waals surface area contributed by atoms with Crippen LogP contribution in [0.1, 0.15) is 16.1 Å². The van der Waals surface area contributed by atoms with Crippen molar-refractivity contribution in [3.05, 3.63) is 52.8 Å². The molecule has 5 nitrogen and oxygen atoms in total. The summed E-state index contributed by atoms with van der Waals surface area (Å²) in [5.74, 6) is -0.588. The summed E-state index contributed by atoms with van der Waals surface area (Å²) in [5.41, 5.74) is 0.0314. The molecule has 1 aliphatic rings. The summed E-state index contributed by atoms with van der Waals surface area (Å²) in [6.07, 6.45) is -3.00. The number of nitrogens with one attached hydrogen (secondary N) is 1. The molecule has 1 aromatic carbocycles. The largest absolute Gasteiger partial charge is 0.417 e. The van der Waals surface area contributed by atoms with Crippen LogP contribution >= 0.6 is 11.6 Å². The van der Waals surface area contributed by atoms with Crippen molar-refractivity contribution in [3.8, 4) is 0 Å². The van der Waals surface area contributed by atoms with Gasteiger partial charge in [0.25, 0.3) is 5.91 Å². The van der Waals surface area contributed by atoms with Crippen LogP contribution in [0.15, 0.2) is 36.5 Å². The second-order valence-corrected chi connectivity index (χ2v) is 6.75. The third kappa shape index (κ3) is 4.70. The second-order valence-electron chi connectivity index (χ2n) is 6.34. The number of benzene rings is 1. The highest BCUT2D eigenvalue weighted by molar-refractivity contribution is 6.31. The number of nitrogens with zero attached hydrogens (tertiary/aromatic N) is 3. The maximum absolute atomic E-state index is 12.9. The average molecular weight is 399 g/mol. The molecule has 2 heterocycles. The van der Waals surface area contributed by atoms with Gasteiger partial charge in [0, 0.05) is 31.9 Å². The number of likely N-dealkylation sites (N-methyl/N-ethyl adjacent to an activating group) is 1. The summed E-state index contributed by atoms with van der Waals surface area (Å²) >= 11 is 5.58. The van der Waals surface area contributed by atoms with Gasteiger partial charge < -0.3 is 15.1 Å². The molecule has 1 aromatic heterocycles. The maximum atomic E-state index is 12.9. The molecule has 0 unspecified atom stereocenters. The lowest BCUT2D eigenvalue weighted by Crippen LogP contribution is -2.44. The first-order chi connectivity index (χ1) is 12.7. The van der Waals surface area contributed by atoms with E-state index in [4.69, 9.17) is 11.6 Å². The van der Waals surface area contributed by atoms with Crippen molar-refractivity contribution in [2.75, 3.05) is 43.4 Å². The van der Waals surface area contributed by atoms with Crippen LogP contribution < -0.4 is 10.2 Å². The Labute approximate surface area is 159 Å². The first kappa shape index (κ1) is 19.4. The zero-order valence-electron chi connectivity index (χ0n) is 14.6. The number of piperazine rings is 1. The van der Waals surface area contributed by atoms with Crippen LogP contribution in [0.2, 0.25) is 5.02 Å². The average Bonchev–Trinajstić information content (AvgIpc) is 2.63. The highest BCUT2D eigenvalue weighted by atomic mass is 35.5. The van der Waals surface area contributed by atoms with E-state index in [-0.39, 0.29) is 11.4 Å². The molecule has 3 rings (SSSR count). The first-order valence-corrected chi connectivity index (χ1v) is 8.69. The Hall–Kier alpha value is -2.32. The van der Waals surface area contributed by atoms with Gasteiger partial charge in [-0.1, -0.05) is 11.6 Å². The van der Waals surface area contributed by atoms with Crippen molar-refractivity contribution in [2.45, 2.75) is 6.18 Å². The Morgan fingerprint density at radius 2 is 1.85 bits per heavy atom. The van der Waals surface area contributed by atoms with Crippen LogP contribution in [-0.4, -0.2) is 49.0 Å². The highest BCUT2D eigenvalue weighted by Gasteiger charge is 2.33. The lowest BCUT2D eigenvalue weighted by Gasteiger charge is -2.33. The standard InChI is InChI=1S/C18H18ClF3N4O/c1-25-6-8-26(9-7-25)13-3-5-16(23-11-13)17(27)24-12-2-4-15(19)14(10-12)18(20,21)22/h2-5,10-11H,6-9H2,1H3,(H,24,27). The van der Waals surface area contributed by atoms with Crippen molar-refractivity contribution in [1.29, 1.82) is 0 Å². The highest BCUT2D eigenvalue weighted by Crippen LogP contribution is 2.36. The summed E-state index contributed by atoms with van der Waals surface area (Å²) < 4.78 is 38.8. The number of hydrogen-bond donors (Lipinski definition) is 1. The van der Waals surface area contributed by atoms with Gasteiger partial charge in [-0.2, -0.15) is 13.2 Å². The molecule has 1 amide bonds. The number of carbonyl (C=O) groups excluding carboxylic acids is 1. The van der Waals surface area contributed by atoms with E-state index in [9.17, 15) is 18.0 Å². The van der Waals surface area contributed by atoms with E-state index in [1.54, 1.807) is 18.3 Å². The lowest BCUT2D eigenvalue weighted by molar-refractivity contribution is -0.137. The molecule has 1 aliphatic heterocycles. The molecule has 9 heteroatoms. The number of amides is 1. The molecule has 0 radical (unpaired) electrons. The molecule has 0 saturated carbocycles. The molecule has 27 heavy (non-hydrogen) atoms. The number of hydrogen-bond acceptors (Lipinski definition) is 4. The fraction of sp³-hybridized carbons (Fsp3) is 0.333. The normalized spacial score (nSPS) is 15.7. The van der Waals surface area contributed by atoms with Crippen molar-refractivity contribution in [1.82, 2.24) is 9.88 Å². The molecule has 0 aliphatic carbocycles. The molecular formula is C18H18ClF3N4O. The van der Waals surface area contributed by atoms with Crippen LogP contribution in [0.3, 0.4) is 0 Å². The van der Waals surface area contributed by atoms with Crippen LogP contribution in [-0.2, 0) is 6.18 Å². The predicted molar refractivity (Wildman–Crippen MR) is 98.4 cm³/mol. The van der Waals surface area contributed by atoms with E-state index in [1.165, 1.54) is 6.07 Å². The molecule has 1 N–H and O–H groups in total. The number of aromatic nitrogens is 1. The first-order valence-electron chi connectivity index (χ1n) is 8.31. The third-order valence-corrected chi connectivity index (χ3v) is 4.71. The Morgan fingerprint density at radius 3 is 2.44 bits per heavy atom. The minimum atomic E-state index is -4.60. The Kier molecular flexibility index (Phi) is 5.57. The van der Waals surface area contributed by atoms with Gasteiger partial charge in [0.2, 0.25) is 0 Å². The fourth-order valence-electron chi connectivity index (χ4n) is 2.79. The number of rotatable bonds is 3. The van der Waals surface area contributed by atoms with Gasteiger partial charge in [-0.25, -0.2) is 4.98 Å². The predicted octanol–water partition coefficient (Wildman–Crippen LogP) is 3.76. The Morgan fingerprint density at radius 1 is 1.15 bits per heavy atom. The van der Waals surface area contributed by atoms with Gasteiger partial charge in [0.05, 0.1) is 22.5 Å². The summed E-state index contributed by atoms with van der Waals surface area (Å²) in [7, 11) is 2.06. The quantitative estimate of drug-likeness (QED) is 0.855. The smallest absolute Gasteiger partial charge is 0.368 e. The number of anilines is 2. The van der Waals surface area contributed by atoms with Gasteiger partial charge in [-0.05, 0) is 37.4 Å². The number of carbonyl (C=O) groups is 1. The summed E-state index contributed by atoms with van der Waals surface area (Å²) in [6, 6.07) is 6.57. The van der Waals surface area contributed by atoms with E-state index >= 15 is 0 Å². The van der Waals surface area contributed by atoms with Crippen molar-refractivity contribution in [3.63, 3.8) is 0 Å². The Bertz CT molecular complexity index is 818. The summed E-state index contributed by atoms with van der Waals surface area (Å²) in [4.78, 5) is 20.8. The maximum Gasteiger partial charge on any atom is 0.417 e. The van der Waals surface area contributed by atoms with Crippen LogP contribution in [0.4, 0.5) is 24.5 Å². The Balaban J connectivity index is 1.70. The molecule has 0 atom stereocenters. The van der Waals surface area contributed by atoms with Crippen LogP contribution in [0, 0.1) is 0 Å². The fourth-order valence-corrected chi connectivity index (χ4v) is 3.01. The van der Waals surface area contributed by atoms with Crippen molar-refractivity contribution >= 4 is 28.9 Å². The lowest BCUT2D eigenvalue weighted by atomic mass is 10.2. The molecule has 144 valence electrons. The summed E-state index contributed by atoms with van der Waals surface area (Å²) in [5, 5.41) is 2.00. The van der Waals surface area contributed by atoms with E-state index in [2.05, 4.69) is 27.1 Å². The third-order valence-electron chi connectivity index (χ3n) is 4.38. The summed E-state index contributed by atoms with van der Waals surface area (Å²) in [6.45, 7) is 3.63. The van der Waals surface area contributed by atoms with Gasteiger partial charge in [-0.3, -0.25) is 4.79 Å². The minimum absolute atomic E-state index is 0.00155. The van der Waals surface area contributed by atoms with Crippen LogP contribution in [0.5, 0.6) is 0 Å². The van der Waals surface area contributed by atoms with E-state index in [1.807, 2.05) is 0 Å². The SMILES string of the molecule is CN1CCN(c2ccc(C(=O)Nc3ccc(Cl)c(C(F)(F)F)c3)nc2)CC1. The minimum Gasteiger partial charge on any atom is -0.368 e. The molecule has 0 spiro atoms. The van der Waals surface area contributed by atoms with Gasteiger partial charge in [-0.15, -0.1) is 0 Å². The van der Waals surface area contributed by atoms with Crippen LogP contribution in [0.25, 0.3) is 0 Å². The van der Waals surface area contributed by atoms with Gasteiger partial charge >= 0.3 is 6.18 Å². The van der Waals surface area contributed by atoms with Crippen molar-refractivity contribution in [2.24, 2.45) is 0 Å². The zero-order valence-corrected chi connectivity index (χ0v) is 15.3.